The second-order valence-electron chi connectivity index (χ2n) is 10.5. The molecule has 1 aromatic carbocycles. The number of piperidine rings is 1. The third kappa shape index (κ3) is 7.39. The summed E-state index contributed by atoms with van der Waals surface area (Å²) in [6.07, 6.45) is 4.36. The van der Waals surface area contributed by atoms with Crippen LogP contribution in [0.4, 0.5) is 4.79 Å². The fourth-order valence-electron chi connectivity index (χ4n) is 4.33. The second-order valence-corrected chi connectivity index (χ2v) is 10.5. The smallest absolute Gasteiger partial charge is 0.410 e. The van der Waals surface area contributed by atoms with Gasteiger partial charge in [0.05, 0.1) is 44.0 Å². The van der Waals surface area contributed by atoms with Crippen LogP contribution in [0.1, 0.15) is 44.0 Å². The number of hydrogen-bond acceptors (Lipinski definition) is 8. The number of ether oxygens (including phenoxy) is 3. The molecule has 2 aliphatic heterocycles. The maximum atomic E-state index is 12.8. The Morgan fingerprint density at radius 2 is 1.78 bits per heavy atom. The highest BCUT2D eigenvalue weighted by atomic mass is 16.6. The molecular weight excluding hydrogens is 476 g/mol. The van der Waals surface area contributed by atoms with Gasteiger partial charge in [0.2, 0.25) is 5.88 Å². The van der Waals surface area contributed by atoms with Gasteiger partial charge in [-0.1, -0.05) is 12.1 Å². The van der Waals surface area contributed by atoms with Crippen LogP contribution < -0.4 is 4.74 Å². The number of aliphatic hydroxyl groups is 1. The van der Waals surface area contributed by atoms with Crippen molar-refractivity contribution < 1.29 is 28.9 Å². The average Bonchev–Trinajstić information content (AvgIpc) is 2.91. The molecule has 37 heavy (non-hydrogen) atoms. The summed E-state index contributed by atoms with van der Waals surface area (Å²) in [5, 5.41) is 9.30. The molecule has 4 rings (SSSR count). The van der Waals surface area contributed by atoms with E-state index in [-0.39, 0.29) is 24.7 Å². The van der Waals surface area contributed by atoms with Gasteiger partial charge in [0.1, 0.15) is 5.60 Å². The molecule has 0 aliphatic carbocycles. The molecule has 1 atom stereocenters. The van der Waals surface area contributed by atoms with E-state index < -0.39 is 5.60 Å². The summed E-state index contributed by atoms with van der Waals surface area (Å²) in [5.74, 6) is 0.709. The first-order chi connectivity index (χ1) is 17.7. The normalized spacial score (nSPS) is 19.0. The van der Waals surface area contributed by atoms with Crippen molar-refractivity contribution in [3.05, 3.63) is 42.2 Å². The molecule has 2 saturated heterocycles. The molecule has 1 aromatic heterocycles. The summed E-state index contributed by atoms with van der Waals surface area (Å²) in [6, 6.07) is 7.24. The number of hydrogen-bond donors (Lipinski definition) is 1. The fourth-order valence-corrected chi connectivity index (χ4v) is 4.33. The number of carbonyl (C=O) groups is 2. The van der Waals surface area contributed by atoms with E-state index in [1.807, 2.05) is 32.9 Å². The van der Waals surface area contributed by atoms with Crippen molar-refractivity contribution in [3.63, 3.8) is 0 Å². The highest BCUT2D eigenvalue weighted by Gasteiger charge is 2.27. The van der Waals surface area contributed by atoms with Gasteiger partial charge in [-0.05, 0) is 51.7 Å². The Balaban J connectivity index is 1.25. The number of rotatable bonds is 6. The summed E-state index contributed by atoms with van der Waals surface area (Å²) in [7, 11) is 0. The van der Waals surface area contributed by atoms with E-state index in [1.165, 1.54) is 0 Å². The quantitative estimate of drug-likeness (QED) is 0.628. The molecule has 0 radical (unpaired) electrons. The van der Waals surface area contributed by atoms with Crippen molar-refractivity contribution in [2.75, 3.05) is 46.0 Å². The summed E-state index contributed by atoms with van der Waals surface area (Å²) >= 11 is 0. The molecule has 2 aliphatic rings. The van der Waals surface area contributed by atoms with Crippen LogP contribution in [0.2, 0.25) is 0 Å². The zero-order valence-electron chi connectivity index (χ0n) is 21.8. The van der Waals surface area contributed by atoms with Gasteiger partial charge in [-0.15, -0.1) is 0 Å². The van der Waals surface area contributed by atoms with Crippen molar-refractivity contribution in [1.29, 1.82) is 0 Å². The van der Waals surface area contributed by atoms with Crippen molar-refractivity contribution >= 4 is 12.0 Å². The molecule has 10 heteroatoms. The molecule has 1 N–H and O–H groups in total. The Hall–Kier alpha value is -3.24. The molecule has 2 fully saturated rings. The number of nitrogens with zero attached hydrogens (tertiary/aromatic N) is 4. The lowest BCUT2D eigenvalue weighted by Gasteiger charge is -2.33. The third-order valence-electron chi connectivity index (χ3n) is 6.42. The van der Waals surface area contributed by atoms with E-state index >= 15 is 0 Å². The summed E-state index contributed by atoms with van der Waals surface area (Å²) in [6.45, 7) is 8.64. The van der Waals surface area contributed by atoms with Gasteiger partial charge in [-0.25, -0.2) is 14.8 Å². The number of benzene rings is 1. The summed E-state index contributed by atoms with van der Waals surface area (Å²) < 4.78 is 16.7. The second kappa shape index (κ2) is 11.9. The van der Waals surface area contributed by atoms with Crippen molar-refractivity contribution in [3.8, 4) is 17.1 Å². The molecule has 10 nitrogen and oxygen atoms in total. The minimum atomic E-state index is -0.491. The van der Waals surface area contributed by atoms with Gasteiger partial charge in [0.25, 0.3) is 5.91 Å². The molecule has 0 saturated carbocycles. The maximum absolute atomic E-state index is 12.8. The summed E-state index contributed by atoms with van der Waals surface area (Å²) in [5.41, 5.74) is 1.62. The van der Waals surface area contributed by atoms with Crippen LogP contribution in [0.25, 0.3) is 11.3 Å². The van der Waals surface area contributed by atoms with Gasteiger partial charge in [-0.2, -0.15) is 0 Å². The number of aliphatic hydroxyl groups excluding tert-OH is 1. The number of morpholine rings is 1. The predicted molar refractivity (Wildman–Crippen MR) is 136 cm³/mol. The topological polar surface area (TPSA) is 114 Å². The van der Waals surface area contributed by atoms with E-state index in [0.717, 1.165) is 18.4 Å². The van der Waals surface area contributed by atoms with Gasteiger partial charge in [0.15, 0.2) is 0 Å². The molecular formula is C27H36N4O6. The fraction of sp³-hybridized carbons (Fsp3) is 0.556. The Kier molecular flexibility index (Phi) is 8.60. The van der Waals surface area contributed by atoms with E-state index in [2.05, 4.69) is 9.97 Å². The van der Waals surface area contributed by atoms with Crippen molar-refractivity contribution in [2.24, 2.45) is 5.92 Å². The van der Waals surface area contributed by atoms with Crippen molar-refractivity contribution in [2.45, 2.75) is 45.3 Å². The Labute approximate surface area is 217 Å². The van der Waals surface area contributed by atoms with Crippen LogP contribution >= 0.6 is 0 Å². The molecule has 1 unspecified atom stereocenters. The largest absolute Gasteiger partial charge is 0.476 e. The van der Waals surface area contributed by atoms with Gasteiger partial charge < -0.3 is 29.1 Å². The first-order valence-corrected chi connectivity index (χ1v) is 12.8. The monoisotopic (exact) mass is 512 g/mol. The van der Waals surface area contributed by atoms with E-state index in [4.69, 9.17) is 14.2 Å². The Morgan fingerprint density at radius 3 is 2.41 bits per heavy atom. The van der Waals surface area contributed by atoms with Crippen LogP contribution in [-0.2, 0) is 9.47 Å². The van der Waals surface area contributed by atoms with Crippen LogP contribution in [0, 0.1) is 5.92 Å². The number of aromatic nitrogens is 2. The van der Waals surface area contributed by atoms with Crippen LogP contribution in [0.15, 0.2) is 36.7 Å². The molecule has 200 valence electrons. The number of likely N-dealkylation sites (tertiary alicyclic amines) is 1. The zero-order valence-corrected chi connectivity index (χ0v) is 21.8. The lowest BCUT2D eigenvalue weighted by Crippen LogP contribution is -2.46. The van der Waals surface area contributed by atoms with E-state index in [1.54, 1.807) is 34.3 Å². The van der Waals surface area contributed by atoms with Gasteiger partial charge >= 0.3 is 6.09 Å². The van der Waals surface area contributed by atoms with E-state index in [0.29, 0.717) is 62.4 Å². The zero-order chi connectivity index (χ0) is 26.4. The number of amides is 2. The lowest BCUT2D eigenvalue weighted by atomic mass is 9.98. The third-order valence-corrected chi connectivity index (χ3v) is 6.42. The molecule has 0 bridgehead atoms. The van der Waals surface area contributed by atoms with Crippen molar-refractivity contribution in [1.82, 2.24) is 19.8 Å². The summed E-state index contributed by atoms with van der Waals surface area (Å²) in [4.78, 5) is 37.3. The minimum Gasteiger partial charge on any atom is -0.476 e. The Bertz CT molecular complexity index is 1050. The minimum absolute atomic E-state index is 0.0833. The van der Waals surface area contributed by atoms with Crippen LogP contribution in [0.3, 0.4) is 0 Å². The highest BCUT2D eigenvalue weighted by molar-refractivity contribution is 5.94. The first-order valence-electron chi connectivity index (χ1n) is 12.8. The lowest BCUT2D eigenvalue weighted by molar-refractivity contribution is -0.0447. The highest BCUT2D eigenvalue weighted by Crippen LogP contribution is 2.22. The standard InChI is InChI=1S/C27H36N4O6/c1-27(2,3)37-26(34)30-10-8-19(9-11-30)18-36-24-15-28-23(14-29-24)20-4-6-21(7-5-20)25(33)31-12-13-35-22(16-31)17-32/h4-7,14-15,19,22,32H,8-13,16-18H2,1-3H3. The maximum Gasteiger partial charge on any atom is 0.410 e. The average molecular weight is 513 g/mol. The molecule has 2 amide bonds. The molecule has 3 heterocycles. The first kappa shape index (κ1) is 26.8. The SMILES string of the molecule is CC(C)(C)OC(=O)N1CCC(COc2cnc(-c3ccc(C(=O)N4CCOC(CO)C4)cc3)cn2)CC1. The van der Waals surface area contributed by atoms with E-state index in [9.17, 15) is 14.7 Å². The van der Waals surface area contributed by atoms with Crippen LogP contribution in [0.5, 0.6) is 5.88 Å². The molecule has 2 aromatic rings. The number of carbonyl (C=O) groups excluding carboxylic acids is 2. The molecule has 0 spiro atoms. The van der Waals surface area contributed by atoms with Gasteiger partial charge in [-0.3, -0.25) is 4.79 Å². The van der Waals surface area contributed by atoms with Crippen LogP contribution in [-0.4, -0.2) is 94.6 Å². The predicted octanol–water partition coefficient (Wildman–Crippen LogP) is 3.00. The van der Waals surface area contributed by atoms with Gasteiger partial charge in [0, 0.05) is 37.3 Å². The Morgan fingerprint density at radius 1 is 1.05 bits per heavy atom.